The minimum absolute atomic E-state index is 0. The second-order valence-corrected chi connectivity index (χ2v) is 7.69. The molecule has 1 aromatic carbocycles. The van der Waals surface area contributed by atoms with Gasteiger partial charge in [0, 0.05) is 30.6 Å². The van der Waals surface area contributed by atoms with E-state index >= 15 is 0 Å². The molecule has 2 aliphatic heterocycles. The van der Waals surface area contributed by atoms with Crippen molar-refractivity contribution in [3.63, 3.8) is 0 Å². The molecule has 7 heteroatoms. The van der Waals surface area contributed by atoms with Crippen molar-refractivity contribution in [2.75, 3.05) is 40.3 Å². The molecule has 2 fully saturated rings. The Balaban J connectivity index is 0.00000131. The lowest BCUT2D eigenvalue weighted by Crippen LogP contribution is -2.33. The molecule has 0 aliphatic carbocycles. The Hall–Kier alpha value is -1.27. The van der Waals surface area contributed by atoms with E-state index in [4.69, 9.17) is 4.42 Å². The zero-order chi connectivity index (χ0) is 17.4. The zero-order valence-electron chi connectivity index (χ0n) is 15.9. The van der Waals surface area contributed by atoms with Crippen LogP contribution < -0.4 is 5.32 Å². The smallest absolute Gasteiger partial charge is 0.289 e. The van der Waals surface area contributed by atoms with Gasteiger partial charge in [0.15, 0.2) is 5.76 Å². The van der Waals surface area contributed by atoms with Crippen LogP contribution >= 0.6 is 24.8 Å². The molecule has 2 aliphatic rings. The summed E-state index contributed by atoms with van der Waals surface area (Å²) in [5.41, 5.74) is 1.82. The van der Waals surface area contributed by atoms with Crippen molar-refractivity contribution in [3.05, 3.63) is 35.6 Å². The molecule has 27 heavy (non-hydrogen) atoms. The lowest BCUT2D eigenvalue weighted by atomic mass is 9.92. The number of carbonyl (C=O) groups is 1. The number of nitrogens with one attached hydrogen (secondary N) is 1. The van der Waals surface area contributed by atoms with E-state index in [0.29, 0.717) is 12.3 Å². The Morgan fingerprint density at radius 2 is 1.78 bits per heavy atom. The predicted molar refractivity (Wildman–Crippen MR) is 113 cm³/mol. The van der Waals surface area contributed by atoms with Gasteiger partial charge in [-0.05, 0) is 57.9 Å². The van der Waals surface area contributed by atoms with Crippen LogP contribution in [0.4, 0.5) is 0 Å². The highest BCUT2D eigenvalue weighted by Crippen LogP contribution is 2.31. The largest absolute Gasteiger partial charge is 0.451 e. The molecule has 3 heterocycles. The van der Waals surface area contributed by atoms with Gasteiger partial charge in [0.2, 0.25) is 0 Å². The molecule has 2 saturated heterocycles. The molecule has 1 aromatic heterocycles. The number of para-hydroxylation sites is 1. The second-order valence-electron chi connectivity index (χ2n) is 7.69. The third kappa shape index (κ3) is 4.43. The first kappa shape index (κ1) is 22.0. The average Bonchev–Trinajstić information content (AvgIpc) is 3.14. The van der Waals surface area contributed by atoms with Crippen molar-refractivity contribution in [2.45, 2.75) is 19.4 Å². The molecule has 150 valence electrons. The van der Waals surface area contributed by atoms with E-state index in [1.165, 1.54) is 0 Å². The van der Waals surface area contributed by atoms with E-state index in [9.17, 15) is 4.79 Å². The Bertz CT molecular complexity index is 764. The SMILES string of the molecule is CN(C)Cc1c(C(=O)N2CC[C@@H]3CNC[C@@H]3CC2)oc2ccccc12.Cl.Cl. The molecule has 0 bridgehead atoms. The number of furan rings is 1. The van der Waals surface area contributed by atoms with Crippen LogP contribution in [-0.2, 0) is 6.54 Å². The van der Waals surface area contributed by atoms with E-state index in [2.05, 4.69) is 10.2 Å². The first-order valence-electron chi connectivity index (χ1n) is 9.28. The second kappa shape index (κ2) is 9.28. The summed E-state index contributed by atoms with van der Waals surface area (Å²) in [7, 11) is 4.05. The van der Waals surface area contributed by atoms with Gasteiger partial charge in [-0.1, -0.05) is 18.2 Å². The number of likely N-dealkylation sites (tertiary alicyclic amines) is 1. The molecule has 0 radical (unpaired) electrons. The van der Waals surface area contributed by atoms with Gasteiger partial charge in [-0.3, -0.25) is 4.79 Å². The normalized spacial score (nSPS) is 22.1. The van der Waals surface area contributed by atoms with Gasteiger partial charge in [0.1, 0.15) is 5.58 Å². The van der Waals surface area contributed by atoms with E-state index < -0.39 is 0 Å². The highest BCUT2D eigenvalue weighted by Gasteiger charge is 2.33. The molecule has 0 saturated carbocycles. The summed E-state index contributed by atoms with van der Waals surface area (Å²) in [6, 6.07) is 7.96. The monoisotopic (exact) mass is 413 g/mol. The number of amides is 1. The lowest BCUT2D eigenvalue weighted by molar-refractivity contribution is 0.0726. The van der Waals surface area contributed by atoms with Crippen LogP contribution in [0.5, 0.6) is 0 Å². The van der Waals surface area contributed by atoms with E-state index in [-0.39, 0.29) is 30.7 Å². The predicted octanol–water partition coefficient (Wildman–Crippen LogP) is 3.41. The lowest BCUT2D eigenvalue weighted by Gasteiger charge is -2.20. The van der Waals surface area contributed by atoms with Crippen LogP contribution in [0.25, 0.3) is 11.0 Å². The molecule has 2 atom stereocenters. The molecule has 0 unspecified atom stereocenters. The minimum Gasteiger partial charge on any atom is -0.451 e. The quantitative estimate of drug-likeness (QED) is 0.837. The Labute approximate surface area is 173 Å². The van der Waals surface area contributed by atoms with Crippen molar-refractivity contribution >= 4 is 41.7 Å². The highest BCUT2D eigenvalue weighted by molar-refractivity contribution is 5.99. The summed E-state index contributed by atoms with van der Waals surface area (Å²) in [5.74, 6) is 2.02. The van der Waals surface area contributed by atoms with Crippen LogP contribution in [0.15, 0.2) is 28.7 Å². The summed E-state index contributed by atoms with van der Waals surface area (Å²) < 4.78 is 6.02. The number of halogens is 2. The maximum Gasteiger partial charge on any atom is 0.289 e. The van der Waals surface area contributed by atoms with Gasteiger partial charge in [0.25, 0.3) is 5.91 Å². The van der Waals surface area contributed by atoms with E-state index in [1.807, 2.05) is 43.3 Å². The number of hydrogen-bond acceptors (Lipinski definition) is 4. The first-order chi connectivity index (χ1) is 12.1. The molecule has 2 aromatic rings. The number of fused-ring (bicyclic) bond motifs is 2. The summed E-state index contributed by atoms with van der Waals surface area (Å²) in [4.78, 5) is 17.3. The topological polar surface area (TPSA) is 48.7 Å². The maximum atomic E-state index is 13.2. The van der Waals surface area contributed by atoms with Crippen LogP contribution in [0.2, 0.25) is 0 Å². The standard InChI is InChI=1S/C20H27N3O2.2ClH/c1-22(2)13-17-16-5-3-4-6-18(16)25-19(17)20(24)23-9-7-14-11-21-12-15(14)8-10-23;;/h3-6,14-15,21H,7-13H2,1-2H3;2*1H/t14-,15+;;. The van der Waals surface area contributed by atoms with Gasteiger partial charge >= 0.3 is 0 Å². The van der Waals surface area contributed by atoms with Crippen molar-refractivity contribution in [2.24, 2.45) is 11.8 Å². The molecular formula is C20H29Cl2N3O2. The summed E-state index contributed by atoms with van der Waals surface area (Å²) in [6.07, 6.45) is 2.18. The van der Waals surface area contributed by atoms with Crippen LogP contribution in [0.3, 0.4) is 0 Å². The summed E-state index contributed by atoms with van der Waals surface area (Å²) in [6.45, 7) is 4.58. The zero-order valence-corrected chi connectivity index (χ0v) is 17.6. The van der Waals surface area contributed by atoms with Gasteiger partial charge in [0.05, 0.1) is 0 Å². The maximum absolute atomic E-state index is 13.2. The van der Waals surface area contributed by atoms with Gasteiger partial charge in [-0.25, -0.2) is 0 Å². The molecule has 4 rings (SSSR count). The van der Waals surface area contributed by atoms with Gasteiger partial charge in [-0.2, -0.15) is 0 Å². The number of benzene rings is 1. The fraction of sp³-hybridized carbons (Fsp3) is 0.550. The van der Waals surface area contributed by atoms with Gasteiger partial charge < -0.3 is 19.5 Å². The van der Waals surface area contributed by atoms with Crippen LogP contribution in [0, 0.1) is 11.8 Å². The van der Waals surface area contributed by atoms with E-state index in [0.717, 1.165) is 67.4 Å². The molecule has 5 nitrogen and oxygen atoms in total. The highest BCUT2D eigenvalue weighted by atomic mass is 35.5. The molecule has 1 N–H and O–H groups in total. The number of rotatable bonds is 3. The van der Waals surface area contributed by atoms with Gasteiger partial charge in [-0.15, -0.1) is 24.8 Å². The fourth-order valence-corrected chi connectivity index (χ4v) is 4.31. The molecular weight excluding hydrogens is 385 g/mol. The number of hydrogen-bond donors (Lipinski definition) is 1. The average molecular weight is 414 g/mol. The minimum atomic E-state index is 0. The van der Waals surface area contributed by atoms with Crippen molar-refractivity contribution < 1.29 is 9.21 Å². The summed E-state index contributed by atoms with van der Waals surface area (Å²) in [5, 5.41) is 4.54. The Morgan fingerprint density at radius 1 is 1.15 bits per heavy atom. The third-order valence-electron chi connectivity index (χ3n) is 5.67. The molecule has 1 amide bonds. The number of carbonyl (C=O) groups excluding carboxylic acids is 1. The van der Waals surface area contributed by atoms with E-state index in [1.54, 1.807) is 0 Å². The molecule has 0 spiro atoms. The van der Waals surface area contributed by atoms with Crippen molar-refractivity contribution in [1.82, 2.24) is 15.1 Å². The summed E-state index contributed by atoms with van der Waals surface area (Å²) >= 11 is 0. The fourth-order valence-electron chi connectivity index (χ4n) is 4.31. The first-order valence-corrected chi connectivity index (χ1v) is 9.28. The number of nitrogens with zero attached hydrogens (tertiary/aromatic N) is 2. The Morgan fingerprint density at radius 3 is 2.41 bits per heavy atom. The van der Waals surface area contributed by atoms with Crippen molar-refractivity contribution in [1.29, 1.82) is 0 Å². The third-order valence-corrected chi connectivity index (χ3v) is 5.67. The van der Waals surface area contributed by atoms with Crippen LogP contribution in [-0.4, -0.2) is 56.0 Å². The Kier molecular flexibility index (Phi) is 7.57. The van der Waals surface area contributed by atoms with Crippen LogP contribution in [0.1, 0.15) is 29.0 Å². The van der Waals surface area contributed by atoms with Crippen molar-refractivity contribution in [3.8, 4) is 0 Å².